The zero-order chi connectivity index (χ0) is 20.3. The molecule has 2 aromatic rings. The summed E-state index contributed by atoms with van der Waals surface area (Å²) < 4.78 is 14.0. The number of amides is 2. The van der Waals surface area contributed by atoms with Gasteiger partial charge in [-0.15, -0.1) is 0 Å². The van der Waals surface area contributed by atoms with Gasteiger partial charge in [0.2, 0.25) is 11.8 Å². The van der Waals surface area contributed by atoms with Gasteiger partial charge in [0.1, 0.15) is 5.82 Å². The van der Waals surface area contributed by atoms with Gasteiger partial charge in [0.25, 0.3) is 0 Å². The van der Waals surface area contributed by atoms with Crippen LogP contribution < -0.4 is 10.2 Å². The number of nitrogens with zero attached hydrogens (tertiary/aromatic N) is 2. The smallest absolute Gasteiger partial charge is 0.227 e. The van der Waals surface area contributed by atoms with Crippen LogP contribution in [0.1, 0.15) is 23.6 Å². The van der Waals surface area contributed by atoms with E-state index >= 15 is 0 Å². The average molecular weight is 383 g/mol. The van der Waals surface area contributed by atoms with E-state index in [0.29, 0.717) is 6.54 Å². The van der Waals surface area contributed by atoms with Crippen molar-refractivity contribution in [1.29, 1.82) is 0 Å². The fourth-order valence-electron chi connectivity index (χ4n) is 3.52. The monoisotopic (exact) mass is 383 g/mol. The first kappa shape index (κ1) is 20.0. The van der Waals surface area contributed by atoms with Crippen LogP contribution in [0.2, 0.25) is 0 Å². The number of halogens is 1. The topological polar surface area (TPSA) is 52.7 Å². The molecule has 0 saturated carbocycles. The molecule has 1 aliphatic heterocycles. The summed E-state index contributed by atoms with van der Waals surface area (Å²) in [5.74, 6) is -1.34. The third-order valence-electron chi connectivity index (χ3n) is 5.19. The van der Waals surface area contributed by atoms with E-state index < -0.39 is 11.7 Å². The van der Waals surface area contributed by atoms with Gasteiger partial charge < -0.3 is 15.1 Å². The average Bonchev–Trinajstić information content (AvgIpc) is 3.05. The molecule has 3 rings (SSSR count). The van der Waals surface area contributed by atoms with E-state index in [1.54, 1.807) is 18.2 Å². The van der Waals surface area contributed by atoms with Gasteiger partial charge in [0.15, 0.2) is 0 Å². The van der Waals surface area contributed by atoms with E-state index in [2.05, 4.69) is 34.5 Å². The predicted octanol–water partition coefficient (Wildman–Crippen LogP) is 2.91. The summed E-state index contributed by atoms with van der Waals surface area (Å²) in [7, 11) is 3.94. The van der Waals surface area contributed by atoms with Gasteiger partial charge >= 0.3 is 0 Å². The van der Waals surface area contributed by atoms with Crippen LogP contribution in [-0.2, 0) is 9.59 Å². The first-order chi connectivity index (χ1) is 13.4. The number of benzene rings is 2. The summed E-state index contributed by atoms with van der Waals surface area (Å²) in [5, 5.41) is 2.97. The van der Waals surface area contributed by atoms with Gasteiger partial charge in [0, 0.05) is 19.5 Å². The molecule has 1 heterocycles. The Labute approximate surface area is 165 Å². The minimum absolute atomic E-state index is 0.0318. The van der Waals surface area contributed by atoms with Crippen molar-refractivity contribution in [2.24, 2.45) is 5.92 Å². The predicted molar refractivity (Wildman–Crippen MR) is 107 cm³/mol. The highest BCUT2D eigenvalue weighted by Gasteiger charge is 2.36. The number of aryl methyl sites for hydroxylation is 1. The van der Waals surface area contributed by atoms with Crippen LogP contribution >= 0.6 is 0 Å². The number of hydrogen-bond donors (Lipinski definition) is 1. The lowest BCUT2D eigenvalue weighted by atomic mass is 10.0. The third-order valence-corrected chi connectivity index (χ3v) is 5.19. The Morgan fingerprint density at radius 1 is 1.21 bits per heavy atom. The number of para-hydroxylation sites is 1. The minimum Gasteiger partial charge on any atom is -0.354 e. The van der Waals surface area contributed by atoms with Crippen molar-refractivity contribution in [3.63, 3.8) is 0 Å². The van der Waals surface area contributed by atoms with Crippen molar-refractivity contribution in [2.45, 2.75) is 19.4 Å². The second-order valence-corrected chi connectivity index (χ2v) is 7.49. The molecule has 1 aliphatic rings. The zero-order valence-corrected chi connectivity index (χ0v) is 16.5. The Hall–Kier alpha value is -2.73. The first-order valence-corrected chi connectivity index (χ1v) is 9.42. The van der Waals surface area contributed by atoms with Gasteiger partial charge in [-0.25, -0.2) is 4.39 Å². The lowest BCUT2D eigenvalue weighted by molar-refractivity contribution is -0.126. The van der Waals surface area contributed by atoms with Crippen molar-refractivity contribution in [2.75, 3.05) is 32.1 Å². The van der Waals surface area contributed by atoms with Crippen molar-refractivity contribution in [3.8, 4) is 0 Å². The van der Waals surface area contributed by atoms with E-state index in [-0.39, 0.29) is 36.5 Å². The highest BCUT2D eigenvalue weighted by atomic mass is 19.1. The molecule has 0 spiro atoms. The molecule has 0 bridgehead atoms. The molecule has 2 aromatic carbocycles. The molecule has 28 heavy (non-hydrogen) atoms. The molecule has 2 atom stereocenters. The fourth-order valence-corrected chi connectivity index (χ4v) is 3.52. The van der Waals surface area contributed by atoms with Crippen LogP contribution in [0.3, 0.4) is 0 Å². The van der Waals surface area contributed by atoms with Gasteiger partial charge in [0.05, 0.1) is 17.6 Å². The van der Waals surface area contributed by atoms with E-state index in [1.807, 2.05) is 21.0 Å². The maximum Gasteiger partial charge on any atom is 0.227 e. The standard InChI is InChI=1S/C22H26FN3O2/c1-15-8-10-16(11-9-15)20(25(2)3)13-24-22(28)17-12-21(27)26(14-17)19-7-5-4-6-18(19)23/h4-11,17,20H,12-14H2,1-3H3,(H,24,28). The largest absolute Gasteiger partial charge is 0.354 e. The first-order valence-electron chi connectivity index (χ1n) is 9.42. The Morgan fingerprint density at radius 3 is 2.54 bits per heavy atom. The fraction of sp³-hybridized carbons (Fsp3) is 0.364. The Kier molecular flexibility index (Phi) is 6.09. The minimum atomic E-state index is -0.479. The number of carbonyl (C=O) groups excluding carboxylic acids is 2. The summed E-state index contributed by atoms with van der Waals surface area (Å²) >= 11 is 0. The van der Waals surface area contributed by atoms with E-state index in [1.165, 1.54) is 16.5 Å². The second kappa shape index (κ2) is 8.52. The highest BCUT2D eigenvalue weighted by molar-refractivity contribution is 6.00. The summed E-state index contributed by atoms with van der Waals surface area (Å²) in [6, 6.07) is 14.4. The van der Waals surface area contributed by atoms with Gasteiger partial charge in [-0.1, -0.05) is 42.0 Å². The summed E-state index contributed by atoms with van der Waals surface area (Å²) in [6.45, 7) is 2.68. The van der Waals surface area contributed by atoms with Crippen LogP contribution in [0, 0.1) is 18.7 Å². The zero-order valence-electron chi connectivity index (χ0n) is 16.5. The molecule has 6 heteroatoms. The lowest BCUT2D eigenvalue weighted by Crippen LogP contribution is -2.38. The van der Waals surface area contributed by atoms with Crippen molar-refractivity contribution < 1.29 is 14.0 Å². The molecule has 1 fully saturated rings. The number of carbonyl (C=O) groups is 2. The van der Waals surface area contributed by atoms with Crippen LogP contribution in [0.5, 0.6) is 0 Å². The second-order valence-electron chi connectivity index (χ2n) is 7.49. The third kappa shape index (κ3) is 4.39. The SMILES string of the molecule is Cc1ccc(C(CNC(=O)C2CC(=O)N(c3ccccc3F)C2)N(C)C)cc1. The van der Waals surface area contributed by atoms with Crippen LogP contribution in [0.15, 0.2) is 48.5 Å². The molecule has 2 amide bonds. The van der Waals surface area contributed by atoms with Crippen LogP contribution in [0.25, 0.3) is 0 Å². The highest BCUT2D eigenvalue weighted by Crippen LogP contribution is 2.27. The molecule has 1 saturated heterocycles. The maximum atomic E-state index is 14.0. The van der Waals surface area contributed by atoms with Crippen molar-refractivity contribution in [1.82, 2.24) is 10.2 Å². The molecule has 148 valence electrons. The van der Waals surface area contributed by atoms with Crippen molar-refractivity contribution >= 4 is 17.5 Å². The molecule has 2 unspecified atom stereocenters. The van der Waals surface area contributed by atoms with E-state index in [0.717, 1.165) is 5.56 Å². The molecular formula is C22H26FN3O2. The molecule has 5 nitrogen and oxygen atoms in total. The summed E-state index contributed by atoms with van der Waals surface area (Å²) in [6.07, 6.45) is 0.0946. The quantitative estimate of drug-likeness (QED) is 0.835. The lowest BCUT2D eigenvalue weighted by Gasteiger charge is -2.26. The van der Waals surface area contributed by atoms with Crippen LogP contribution in [0.4, 0.5) is 10.1 Å². The number of anilines is 1. The molecule has 0 aromatic heterocycles. The molecule has 0 radical (unpaired) electrons. The van der Waals surface area contributed by atoms with Crippen LogP contribution in [-0.4, -0.2) is 43.9 Å². The molecule has 0 aliphatic carbocycles. The Morgan fingerprint density at radius 2 is 1.89 bits per heavy atom. The normalized spacial score (nSPS) is 17.8. The van der Waals surface area contributed by atoms with E-state index in [9.17, 15) is 14.0 Å². The number of hydrogen-bond acceptors (Lipinski definition) is 3. The summed E-state index contributed by atoms with van der Waals surface area (Å²) in [5.41, 5.74) is 2.53. The number of rotatable bonds is 6. The Bertz CT molecular complexity index is 851. The van der Waals surface area contributed by atoms with Crippen molar-refractivity contribution in [3.05, 3.63) is 65.5 Å². The van der Waals surface area contributed by atoms with Gasteiger partial charge in [-0.2, -0.15) is 0 Å². The molecule has 1 N–H and O–H groups in total. The van der Waals surface area contributed by atoms with Gasteiger partial charge in [-0.05, 0) is 38.7 Å². The Balaban J connectivity index is 1.63. The van der Waals surface area contributed by atoms with E-state index in [4.69, 9.17) is 0 Å². The molecular weight excluding hydrogens is 357 g/mol. The maximum absolute atomic E-state index is 14.0. The number of nitrogens with one attached hydrogen (secondary N) is 1. The number of likely N-dealkylation sites (N-methyl/N-ethyl adjacent to an activating group) is 1. The van der Waals surface area contributed by atoms with Gasteiger partial charge in [-0.3, -0.25) is 9.59 Å². The summed E-state index contributed by atoms with van der Waals surface area (Å²) in [4.78, 5) is 28.4.